The molecule has 0 fully saturated rings. The first-order valence-electron chi connectivity index (χ1n) is 8.17. The highest BCUT2D eigenvalue weighted by Gasteiger charge is 2.10. The number of halogens is 1. The summed E-state index contributed by atoms with van der Waals surface area (Å²) < 4.78 is 28.9. The van der Waals surface area contributed by atoms with Gasteiger partial charge in [-0.1, -0.05) is 12.1 Å². The monoisotopic (exact) mass is 504 g/mol. The first-order chi connectivity index (χ1) is 12.4. The number of hydrogen-bond acceptors (Lipinski definition) is 5. The van der Waals surface area contributed by atoms with Crippen LogP contribution in [0.5, 0.6) is 5.75 Å². The molecule has 2 N–H and O–H groups in total. The zero-order valence-corrected chi connectivity index (χ0v) is 18.7. The van der Waals surface area contributed by atoms with Crippen molar-refractivity contribution in [1.82, 2.24) is 15.6 Å². The second kappa shape index (κ2) is 11.1. The predicted molar refractivity (Wildman–Crippen MR) is 118 cm³/mol. The van der Waals surface area contributed by atoms with E-state index >= 15 is 0 Å². The van der Waals surface area contributed by atoms with Crippen molar-refractivity contribution in [3.8, 4) is 5.75 Å². The highest BCUT2D eigenvalue weighted by Crippen LogP contribution is 2.16. The topological polar surface area (TPSA) is 92.7 Å². The molecule has 0 unspecified atom stereocenters. The number of benzene rings is 1. The van der Waals surface area contributed by atoms with Gasteiger partial charge < -0.3 is 15.4 Å². The average Bonchev–Trinajstić information content (AvgIpc) is 2.61. The molecular formula is C18H25IN4O3S. The maximum Gasteiger partial charge on any atom is 0.191 e. The summed E-state index contributed by atoms with van der Waals surface area (Å²) in [5.74, 6) is 1.36. The molecule has 7 nitrogen and oxygen atoms in total. The van der Waals surface area contributed by atoms with E-state index in [2.05, 4.69) is 20.6 Å². The number of sulfone groups is 1. The molecule has 2 rings (SSSR count). The third-order valence-corrected chi connectivity index (χ3v) is 4.88. The number of nitrogens with one attached hydrogen (secondary N) is 2. The maximum absolute atomic E-state index is 11.7. The van der Waals surface area contributed by atoms with Gasteiger partial charge in [0.2, 0.25) is 0 Å². The molecule has 0 saturated heterocycles. The van der Waals surface area contributed by atoms with E-state index in [1.807, 2.05) is 18.2 Å². The number of rotatable bonds is 7. The molecule has 0 aliphatic rings. The molecule has 1 aromatic carbocycles. The third kappa shape index (κ3) is 7.71. The molecule has 0 aliphatic heterocycles. The van der Waals surface area contributed by atoms with Crippen LogP contribution >= 0.6 is 24.0 Å². The van der Waals surface area contributed by atoms with Gasteiger partial charge in [0.1, 0.15) is 12.4 Å². The summed E-state index contributed by atoms with van der Waals surface area (Å²) in [6, 6.07) is 8.97. The average molecular weight is 504 g/mol. The summed E-state index contributed by atoms with van der Waals surface area (Å²) in [7, 11) is -1.51. The Balaban J connectivity index is 0.00000364. The van der Waals surface area contributed by atoms with Gasteiger partial charge in [0.25, 0.3) is 0 Å². The first-order valence-corrected chi connectivity index (χ1v) is 10.1. The van der Waals surface area contributed by atoms with Crippen molar-refractivity contribution < 1.29 is 13.2 Å². The largest absolute Gasteiger partial charge is 0.490 e. The number of aryl methyl sites for hydroxylation is 1. The van der Waals surface area contributed by atoms with Gasteiger partial charge in [0.15, 0.2) is 15.8 Å². The van der Waals surface area contributed by atoms with Gasteiger partial charge in [-0.15, -0.1) is 24.0 Å². The Morgan fingerprint density at radius 1 is 1.26 bits per heavy atom. The number of nitrogens with zero attached hydrogens (tertiary/aromatic N) is 2. The summed E-state index contributed by atoms with van der Waals surface area (Å²) >= 11 is 0. The number of ether oxygens (including phenoxy) is 1. The quantitative estimate of drug-likeness (QED) is 0.260. The number of hydrogen-bond donors (Lipinski definition) is 2. The number of aliphatic imine (C=N–C) groups is 1. The van der Waals surface area contributed by atoms with Crippen molar-refractivity contribution >= 4 is 39.8 Å². The van der Waals surface area contributed by atoms with Crippen LogP contribution in [-0.4, -0.2) is 45.8 Å². The fourth-order valence-electron chi connectivity index (χ4n) is 2.41. The molecule has 0 aliphatic carbocycles. The molecule has 27 heavy (non-hydrogen) atoms. The molecule has 0 radical (unpaired) electrons. The minimum atomic E-state index is -3.20. The van der Waals surface area contributed by atoms with Crippen LogP contribution in [0, 0.1) is 6.92 Å². The standard InChI is InChI=1S/C18H24N4O3S.HI/c1-14-11-15(6-7-17(14)26(3,23)24)12-22-18(19-2)21-9-10-25-16-5-4-8-20-13-16;/h4-8,11,13H,9-10,12H2,1-3H3,(H2,19,21,22);1H. The molecule has 0 bridgehead atoms. The fourth-order valence-corrected chi connectivity index (χ4v) is 3.37. The van der Waals surface area contributed by atoms with Crippen molar-refractivity contribution in [2.75, 3.05) is 26.5 Å². The number of guanidine groups is 1. The summed E-state index contributed by atoms with van der Waals surface area (Å²) in [5, 5.41) is 6.35. The van der Waals surface area contributed by atoms with Gasteiger partial charge in [-0.25, -0.2) is 8.42 Å². The molecule has 148 valence electrons. The van der Waals surface area contributed by atoms with E-state index in [-0.39, 0.29) is 24.0 Å². The Kier molecular flexibility index (Phi) is 9.50. The molecule has 9 heteroatoms. The summed E-state index contributed by atoms with van der Waals surface area (Å²) in [5.41, 5.74) is 1.71. The van der Waals surface area contributed by atoms with Crippen LogP contribution in [0.25, 0.3) is 0 Å². The summed E-state index contributed by atoms with van der Waals surface area (Å²) in [6.45, 7) is 3.39. The van der Waals surface area contributed by atoms with Gasteiger partial charge >= 0.3 is 0 Å². The van der Waals surface area contributed by atoms with E-state index in [0.29, 0.717) is 30.6 Å². The van der Waals surface area contributed by atoms with Gasteiger partial charge in [-0.2, -0.15) is 0 Å². The fraction of sp³-hybridized carbons (Fsp3) is 0.333. The van der Waals surface area contributed by atoms with Crippen molar-refractivity contribution in [3.05, 3.63) is 53.9 Å². The molecule has 1 heterocycles. The minimum Gasteiger partial charge on any atom is -0.490 e. The first kappa shape index (κ1) is 23.2. The van der Waals surface area contributed by atoms with Gasteiger partial charge in [0.05, 0.1) is 17.6 Å². The van der Waals surface area contributed by atoms with Crippen LogP contribution in [0.2, 0.25) is 0 Å². The molecule has 0 saturated carbocycles. The predicted octanol–water partition coefficient (Wildman–Crippen LogP) is 2.16. The van der Waals surface area contributed by atoms with E-state index in [1.165, 1.54) is 6.26 Å². The number of aromatic nitrogens is 1. The smallest absolute Gasteiger partial charge is 0.191 e. The molecular weight excluding hydrogens is 479 g/mol. The zero-order chi connectivity index (χ0) is 19.0. The van der Waals surface area contributed by atoms with Crippen molar-refractivity contribution in [1.29, 1.82) is 0 Å². The lowest BCUT2D eigenvalue weighted by Gasteiger charge is -2.13. The number of pyridine rings is 1. The van der Waals surface area contributed by atoms with E-state index < -0.39 is 9.84 Å². The maximum atomic E-state index is 11.7. The van der Waals surface area contributed by atoms with Crippen LogP contribution in [0.1, 0.15) is 11.1 Å². The second-order valence-electron chi connectivity index (χ2n) is 5.76. The van der Waals surface area contributed by atoms with Crippen molar-refractivity contribution in [2.45, 2.75) is 18.4 Å². The Labute approximate surface area is 177 Å². The summed E-state index contributed by atoms with van der Waals surface area (Å²) in [6.07, 6.45) is 4.57. The van der Waals surface area contributed by atoms with Gasteiger partial charge in [-0.3, -0.25) is 9.98 Å². The van der Waals surface area contributed by atoms with E-state index in [1.54, 1.807) is 38.5 Å². The van der Waals surface area contributed by atoms with E-state index in [4.69, 9.17) is 4.74 Å². The second-order valence-corrected chi connectivity index (χ2v) is 7.75. The molecule has 0 spiro atoms. The molecule has 0 amide bonds. The van der Waals surface area contributed by atoms with Gasteiger partial charge in [0, 0.05) is 26.0 Å². The Morgan fingerprint density at radius 3 is 2.63 bits per heavy atom. The van der Waals surface area contributed by atoms with Crippen molar-refractivity contribution in [3.63, 3.8) is 0 Å². The van der Waals surface area contributed by atoms with Crippen LogP contribution in [0.15, 0.2) is 52.6 Å². The third-order valence-electron chi connectivity index (χ3n) is 3.62. The minimum absolute atomic E-state index is 0. The molecule has 2 aromatic rings. The van der Waals surface area contributed by atoms with Crippen LogP contribution in [-0.2, 0) is 16.4 Å². The highest BCUT2D eigenvalue weighted by atomic mass is 127. The highest BCUT2D eigenvalue weighted by molar-refractivity contribution is 14.0. The van der Waals surface area contributed by atoms with Gasteiger partial charge in [-0.05, 0) is 36.2 Å². The lowest BCUT2D eigenvalue weighted by Crippen LogP contribution is -2.38. The normalized spacial score (nSPS) is 11.4. The Hall–Kier alpha value is -1.88. The molecule has 1 aromatic heterocycles. The Bertz CT molecular complexity index is 858. The van der Waals surface area contributed by atoms with Crippen LogP contribution in [0.3, 0.4) is 0 Å². The molecule has 0 atom stereocenters. The zero-order valence-electron chi connectivity index (χ0n) is 15.6. The van der Waals surface area contributed by atoms with Crippen molar-refractivity contribution in [2.24, 2.45) is 4.99 Å². The lowest BCUT2D eigenvalue weighted by atomic mass is 10.1. The summed E-state index contributed by atoms with van der Waals surface area (Å²) in [4.78, 5) is 8.50. The van der Waals surface area contributed by atoms with E-state index in [9.17, 15) is 8.42 Å². The van der Waals surface area contributed by atoms with Crippen LogP contribution < -0.4 is 15.4 Å². The van der Waals surface area contributed by atoms with Crippen LogP contribution in [0.4, 0.5) is 0 Å². The SMILES string of the molecule is CN=C(NCCOc1cccnc1)NCc1ccc(S(C)(=O)=O)c(C)c1.I. The van der Waals surface area contributed by atoms with E-state index in [0.717, 1.165) is 16.9 Å². The lowest BCUT2D eigenvalue weighted by molar-refractivity contribution is 0.320. The Morgan fingerprint density at radius 2 is 2.04 bits per heavy atom.